The van der Waals surface area contributed by atoms with Crippen molar-refractivity contribution >= 4 is 39.8 Å². The molecule has 3 heterocycles. The van der Waals surface area contributed by atoms with Crippen LogP contribution in [-0.2, 0) is 11.2 Å². The fourth-order valence-electron chi connectivity index (χ4n) is 5.30. The van der Waals surface area contributed by atoms with E-state index in [1.807, 2.05) is 61.5 Å². The number of fused-ring (bicyclic) bond motifs is 4. The number of ether oxygens (including phenoxy) is 1. The lowest BCUT2D eigenvalue weighted by molar-refractivity contribution is -0.120. The summed E-state index contributed by atoms with van der Waals surface area (Å²) in [5.74, 6) is 0.790. The van der Waals surface area contributed by atoms with Gasteiger partial charge in [-0.3, -0.25) is 9.69 Å². The second-order valence-corrected chi connectivity index (χ2v) is 8.99. The largest absolute Gasteiger partial charge is 0.496 e. The van der Waals surface area contributed by atoms with E-state index >= 15 is 0 Å². The number of carbonyl (C=O) groups is 1. The maximum Gasteiger partial charge on any atom is 0.256 e. The summed E-state index contributed by atoms with van der Waals surface area (Å²) in [6.45, 7) is 2.02. The first-order valence-electron chi connectivity index (χ1n) is 11.0. The molecule has 2 unspecified atom stereocenters. The fraction of sp³-hybridized carbons (Fsp3) is 0.185. The van der Waals surface area contributed by atoms with Crippen LogP contribution in [0.2, 0.25) is 0 Å². The van der Waals surface area contributed by atoms with Gasteiger partial charge < -0.3 is 14.6 Å². The molecule has 1 N–H and O–H groups in total. The summed E-state index contributed by atoms with van der Waals surface area (Å²) in [4.78, 5) is 21.2. The minimum Gasteiger partial charge on any atom is -0.496 e. The molecule has 1 aromatic heterocycles. The van der Waals surface area contributed by atoms with E-state index < -0.39 is 0 Å². The number of amides is 1. The second kappa shape index (κ2) is 7.46. The lowest BCUT2D eigenvalue weighted by Crippen LogP contribution is -2.44. The van der Waals surface area contributed by atoms with E-state index in [-0.39, 0.29) is 18.0 Å². The van der Waals surface area contributed by atoms with Crippen LogP contribution >= 0.6 is 12.2 Å². The number of hydrogen-bond donors (Lipinski definition) is 1. The van der Waals surface area contributed by atoms with Gasteiger partial charge in [0.1, 0.15) is 17.8 Å². The molecule has 1 saturated heterocycles. The molecule has 0 aliphatic carbocycles. The molecule has 1 amide bonds. The first kappa shape index (κ1) is 20.0. The van der Waals surface area contributed by atoms with Crippen molar-refractivity contribution in [2.75, 3.05) is 12.0 Å². The minimum absolute atomic E-state index is 0.0152. The van der Waals surface area contributed by atoms with E-state index in [1.54, 1.807) is 12.0 Å². The van der Waals surface area contributed by atoms with Crippen LogP contribution in [0.1, 0.15) is 28.4 Å². The van der Waals surface area contributed by atoms with E-state index in [4.69, 9.17) is 17.0 Å². The Labute approximate surface area is 197 Å². The van der Waals surface area contributed by atoms with Gasteiger partial charge in [0.2, 0.25) is 0 Å². The Bertz CT molecular complexity index is 1430. The highest BCUT2D eigenvalue weighted by Gasteiger charge is 2.51. The maximum atomic E-state index is 13.8. The number of carbonyl (C=O) groups excluding carboxylic acids is 1. The molecule has 6 heteroatoms. The fourth-order valence-corrected chi connectivity index (χ4v) is 5.72. The van der Waals surface area contributed by atoms with Crippen LogP contribution in [0.3, 0.4) is 0 Å². The summed E-state index contributed by atoms with van der Waals surface area (Å²) in [6, 6.07) is 23.6. The van der Waals surface area contributed by atoms with Crippen LogP contribution in [0.5, 0.6) is 5.75 Å². The summed E-state index contributed by atoms with van der Waals surface area (Å²) in [7, 11) is 1.68. The summed E-state index contributed by atoms with van der Waals surface area (Å²) < 4.78 is 5.74. The normalized spacial score (nSPS) is 19.7. The predicted octanol–water partition coefficient (Wildman–Crippen LogP) is 5.13. The highest BCUT2D eigenvalue weighted by Crippen LogP contribution is 2.46. The van der Waals surface area contributed by atoms with Gasteiger partial charge in [-0.25, -0.2) is 0 Å². The summed E-state index contributed by atoms with van der Waals surface area (Å²) >= 11 is 5.98. The van der Waals surface area contributed by atoms with Crippen molar-refractivity contribution in [1.82, 2.24) is 9.88 Å². The second-order valence-electron chi connectivity index (χ2n) is 8.63. The van der Waals surface area contributed by atoms with Crippen LogP contribution < -0.4 is 9.64 Å². The van der Waals surface area contributed by atoms with Crippen molar-refractivity contribution in [2.45, 2.75) is 25.4 Å². The molecule has 1 fully saturated rings. The number of para-hydroxylation sites is 2. The monoisotopic (exact) mass is 453 g/mol. The van der Waals surface area contributed by atoms with E-state index in [0.717, 1.165) is 39.2 Å². The van der Waals surface area contributed by atoms with Crippen LogP contribution in [0.15, 0.2) is 72.8 Å². The van der Waals surface area contributed by atoms with Gasteiger partial charge in [-0.2, -0.15) is 0 Å². The van der Waals surface area contributed by atoms with E-state index in [2.05, 4.69) is 28.1 Å². The Morgan fingerprint density at radius 2 is 1.82 bits per heavy atom. The summed E-state index contributed by atoms with van der Waals surface area (Å²) in [5.41, 5.74) is 6.19. The molecule has 4 aromatic rings. The zero-order valence-electron chi connectivity index (χ0n) is 18.4. The average molecular weight is 454 g/mol. The average Bonchev–Trinajstić information content (AvgIpc) is 3.32. The molecule has 5 nitrogen and oxygen atoms in total. The van der Waals surface area contributed by atoms with Crippen molar-refractivity contribution in [3.8, 4) is 5.75 Å². The third-order valence-electron chi connectivity index (χ3n) is 6.74. The number of anilines is 1. The Kier molecular flexibility index (Phi) is 4.52. The summed E-state index contributed by atoms with van der Waals surface area (Å²) in [6.07, 6.45) is 0.603. The van der Waals surface area contributed by atoms with Crippen molar-refractivity contribution in [2.24, 2.45) is 0 Å². The van der Waals surface area contributed by atoms with Gasteiger partial charge in [-0.05, 0) is 54.5 Å². The number of rotatable bonds is 3. The summed E-state index contributed by atoms with van der Waals surface area (Å²) in [5, 5.41) is 1.68. The first-order chi connectivity index (χ1) is 16.1. The molecule has 2 atom stereocenters. The molecular weight excluding hydrogens is 430 g/mol. The first-order valence-corrected chi connectivity index (χ1v) is 11.4. The molecule has 3 aromatic carbocycles. The highest BCUT2D eigenvalue weighted by molar-refractivity contribution is 7.80. The SMILES string of the molecule is COc1ccccc1C1c2[nH]c3ccccc3c2CC2C(=O)N(c3cccc(C)c3)C(=S)N21. The number of aryl methyl sites for hydroxylation is 1. The van der Waals surface area contributed by atoms with Crippen molar-refractivity contribution in [3.05, 3.63) is 95.2 Å². The van der Waals surface area contributed by atoms with E-state index in [9.17, 15) is 4.79 Å². The predicted molar refractivity (Wildman–Crippen MR) is 134 cm³/mol. The van der Waals surface area contributed by atoms with Crippen molar-refractivity contribution in [1.29, 1.82) is 0 Å². The number of thiocarbonyl (C=S) groups is 1. The number of aromatic nitrogens is 1. The molecule has 164 valence electrons. The number of aromatic amines is 1. The van der Waals surface area contributed by atoms with E-state index in [0.29, 0.717) is 11.5 Å². The molecule has 0 radical (unpaired) electrons. The minimum atomic E-state index is -0.375. The number of nitrogens with one attached hydrogen (secondary N) is 1. The Balaban J connectivity index is 1.57. The van der Waals surface area contributed by atoms with Crippen LogP contribution in [0.25, 0.3) is 10.9 Å². The number of nitrogens with zero attached hydrogens (tertiary/aromatic N) is 2. The van der Waals surface area contributed by atoms with Gasteiger partial charge in [0.25, 0.3) is 5.91 Å². The van der Waals surface area contributed by atoms with Gasteiger partial charge in [0, 0.05) is 28.6 Å². The van der Waals surface area contributed by atoms with Gasteiger partial charge in [-0.15, -0.1) is 0 Å². The van der Waals surface area contributed by atoms with Gasteiger partial charge in [0.15, 0.2) is 5.11 Å². The Hall–Kier alpha value is -3.64. The number of benzene rings is 3. The molecule has 33 heavy (non-hydrogen) atoms. The Morgan fingerprint density at radius 3 is 2.64 bits per heavy atom. The number of hydrogen-bond acceptors (Lipinski definition) is 3. The molecule has 0 bridgehead atoms. The van der Waals surface area contributed by atoms with E-state index in [1.165, 1.54) is 5.56 Å². The number of H-pyrrole nitrogens is 1. The highest BCUT2D eigenvalue weighted by atomic mass is 32.1. The molecule has 0 spiro atoms. The van der Waals surface area contributed by atoms with Crippen LogP contribution in [-0.4, -0.2) is 34.1 Å². The van der Waals surface area contributed by atoms with Gasteiger partial charge in [-0.1, -0.05) is 48.5 Å². The van der Waals surface area contributed by atoms with Gasteiger partial charge in [0.05, 0.1) is 12.8 Å². The molecule has 0 saturated carbocycles. The molecular formula is C27H23N3O2S. The standard InChI is InChI=1S/C27H23N3O2S/c1-16-8-7-9-17(14-16)29-26(31)22-15-20-18-10-3-5-12-21(18)28-24(20)25(30(22)27(29)33)19-11-4-6-13-23(19)32-2/h3-14,22,25,28H,15H2,1-2H3. The van der Waals surface area contributed by atoms with Crippen LogP contribution in [0.4, 0.5) is 5.69 Å². The third-order valence-corrected chi connectivity index (χ3v) is 7.14. The van der Waals surface area contributed by atoms with Crippen molar-refractivity contribution in [3.63, 3.8) is 0 Å². The topological polar surface area (TPSA) is 48.6 Å². The maximum absolute atomic E-state index is 13.8. The molecule has 2 aliphatic rings. The molecule has 2 aliphatic heterocycles. The lowest BCUT2D eigenvalue weighted by Gasteiger charge is -2.37. The Morgan fingerprint density at radius 1 is 1.03 bits per heavy atom. The molecule has 6 rings (SSSR count). The lowest BCUT2D eigenvalue weighted by atomic mass is 9.88. The quantitative estimate of drug-likeness (QED) is 0.437. The zero-order valence-corrected chi connectivity index (χ0v) is 19.2. The van der Waals surface area contributed by atoms with Crippen molar-refractivity contribution < 1.29 is 9.53 Å². The van der Waals surface area contributed by atoms with Crippen LogP contribution in [0, 0.1) is 6.92 Å². The number of methoxy groups -OCH3 is 1. The van der Waals surface area contributed by atoms with Gasteiger partial charge >= 0.3 is 0 Å². The smallest absolute Gasteiger partial charge is 0.256 e. The zero-order chi connectivity index (χ0) is 22.7. The third kappa shape index (κ3) is 2.91.